The molecule has 0 aromatic carbocycles. The summed E-state index contributed by atoms with van der Waals surface area (Å²) in [6, 6.07) is 0. The van der Waals surface area contributed by atoms with Crippen LogP contribution in [0.1, 0.15) is 170 Å². The SMILES string of the molecule is CCCCCCC(CCCC)CSOC(=O)C(C)CCCSCCCC(C)C(=O)OSCC(CCCC)CCCCCC. The van der Waals surface area contributed by atoms with E-state index in [0.717, 1.165) is 48.7 Å². The highest BCUT2D eigenvalue weighted by Gasteiger charge is 2.18. The fourth-order valence-corrected chi connectivity index (χ4v) is 7.88. The van der Waals surface area contributed by atoms with Crippen LogP contribution in [-0.4, -0.2) is 35.0 Å². The van der Waals surface area contributed by atoms with E-state index in [4.69, 9.17) is 8.37 Å². The fraction of sp³-hybridized carbons (Fsp3) is 0.944. The van der Waals surface area contributed by atoms with E-state index >= 15 is 0 Å². The van der Waals surface area contributed by atoms with Gasteiger partial charge in [-0.1, -0.05) is 119 Å². The van der Waals surface area contributed by atoms with Crippen molar-refractivity contribution in [2.45, 2.75) is 170 Å². The molecule has 256 valence electrons. The van der Waals surface area contributed by atoms with Gasteiger partial charge in [-0.15, -0.1) is 0 Å². The van der Waals surface area contributed by atoms with Gasteiger partial charge >= 0.3 is 11.9 Å². The molecule has 0 aromatic rings. The minimum Gasteiger partial charge on any atom is -0.391 e. The Hall–Kier alpha value is -0.0100. The maximum atomic E-state index is 12.5. The molecule has 0 spiro atoms. The van der Waals surface area contributed by atoms with Gasteiger partial charge in [0.2, 0.25) is 0 Å². The zero-order valence-electron chi connectivity index (χ0n) is 29.1. The van der Waals surface area contributed by atoms with Crippen LogP contribution in [0.5, 0.6) is 0 Å². The lowest BCUT2D eigenvalue weighted by molar-refractivity contribution is -0.138. The number of unbranched alkanes of at least 4 members (excludes halogenated alkanes) is 8. The Labute approximate surface area is 281 Å². The predicted molar refractivity (Wildman–Crippen MR) is 195 cm³/mol. The lowest BCUT2D eigenvalue weighted by Crippen LogP contribution is -2.14. The molecule has 0 radical (unpaired) electrons. The highest BCUT2D eigenvalue weighted by molar-refractivity contribution is 7.99. The second-order valence-electron chi connectivity index (χ2n) is 12.8. The van der Waals surface area contributed by atoms with Crippen LogP contribution in [0, 0.1) is 23.7 Å². The summed E-state index contributed by atoms with van der Waals surface area (Å²) < 4.78 is 11.2. The van der Waals surface area contributed by atoms with Crippen LogP contribution in [0.25, 0.3) is 0 Å². The number of carbonyl (C=O) groups is 2. The van der Waals surface area contributed by atoms with E-state index in [2.05, 4.69) is 27.7 Å². The first-order valence-electron chi connectivity index (χ1n) is 18.1. The van der Waals surface area contributed by atoms with Crippen molar-refractivity contribution in [3.05, 3.63) is 0 Å². The second-order valence-corrected chi connectivity index (χ2v) is 15.5. The molecule has 0 saturated heterocycles. The molecule has 7 heteroatoms. The Kier molecular flexibility index (Phi) is 31.9. The number of carbonyl (C=O) groups excluding carboxylic acids is 2. The van der Waals surface area contributed by atoms with Gasteiger partial charge in [0, 0.05) is 11.5 Å². The van der Waals surface area contributed by atoms with Crippen molar-refractivity contribution in [1.29, 1.82) is 0 Å². The van der Waals surface area contributed by atoms with E-state index in [9.17, 15) is 9.59 Å². The maximum Gasteiger partial charge on any atom is 0.320 e. The normalized spacial score (nSPS) is 14.3. The van der Waals surface area contributed by atoms with Crippen molar-refractivity contribution >= 4 is 47.8 Å². The zero-order valence-corrected chi connectivity index (χ0v) is 31.6. The molecular weight excluding hydrogens is 593 g/mol. The van der Waals surface area contributed by atoms with Crippen LogP contribution in [0.3, 0.4) is 0 Å². The molecule has 4 atom stereocenters. The van der Waals surface area contributed by atoms with Crippen molar-refractivity contribution < 1.29 is 18.0 Å². The number of thioether (sulfide) groups is 1. The van der Waals surface area contributed by atoms with Gasteiger partial charge in [0.05, 0.1) is 35.9 Å². The molecule has 0 rings (SSSR count). The fourth-order valence-electron chi connectivity index (χ4n) is 5.19. The minimum atomic E-state index is -0.0615. The second kappa shape index (κ2) is 32.0. The molecule has 0 amide bonds. The molecule has 4 unspecified atom stereocenters. The van der Waals surface area contributed by atoms with Gasteiger partial charge in [-0.25, -0.2) is 0 Å². The van der Waals surface area contributed by atoms with Gasteiger partial charge in [0.15, 0.2) is 0 Å². The molecule has 0 aliphatic rings. The van der Waals surface area contributed by atoms with E-state index in [0.29, 0.717) is 11.8 Å². The summed E-state index contributed by atoms with van der Waals surface area (Å²) in [5.74, 6) is 5.08. The Morgan fingerprint density at radius 2 is 0.860 bits per heavy atom. The van der Waals surface area contributed by atoms with Crippen molar-refractivity contribution in [2.75, 3.05) is 23.0 Å². The summed E-state index contributed by atoms with van der Waals surface area (Å²) in [7, 11) is 0. The van der Waals surface area contributed by atoms with Crippen LogP contribution >= 0.6 is 35.8 Å². The predicted octanol–water partition coefficient (Wildman–Crippen LogP) is 12.5. The molecule has 0 fully saturated rings. The molecule has 4 nitrogen and oxygen atoms in total. The van der Waals surface area contributed by atoms with E-state index in [1.54, 1.807) is 0 Å². The van der Waals surface area contributed by atoms with Crippen molar-refractivity contribution in [2.24, 2.45) is 23.7 Å². The summed E-state index contributed by atoms with van der Waals surface area (Å²) in [5.41, 5.74) is 0. The maximum absolute atomic E-state index is 12.5. The molecule has 0 heterocycles. The Morgan fingerprint density at radius 1 is 0.488 bits per heavy atom. The van der Waals surface area contributed by atoms with Crippen LogP contribution in [0.2, 0.25) is 0 Å². The van der Waals surface area contributed by atoms with Crippen LogP contribution in [0.4, 0.5) is 0 Å². The van der Waals surface area contributed by atoms with E-state index in [1.165, 1.54) is 127 Å². The average Bonchev–Trinajstić information content (AvgIpc) is 3.01. The molecule has 43 heavy (non-hydrogen) atoms. The standard InChI is InChI=1S/C36H70O4S3/c1-7-11-15-17-25-33(23-13-9-3)29-42-39-35(37)31(5)21-19-27-41-28-20-22-32(6)36(38)40-43-30-34(24-14-10-4)26-18-16-12-8-2/h31-34H,7-30H2,1-6H3. The van der Waals surface area contributed by atoms with Crippen LogP contribution in [0.15, 0.2) is 0 Å². The number of rotatable bonds is 32. The van der Waals surface area contributed by atoms with E-state index < -0.39 is 0 Å². The quantitative estimate of drug-likeness (QED) is 0.0525. The number of hydrogen-bond acceptors (Lipinski definition) is 7. The smallest absolute Gasteiger partial charge is 0.320 e. The molecule has 0 aliphatic heterocycles. The van der Waals surface area contributed by atoms with E-state index in [1.807, 2.05) is 25.6 Å². The van der Waals surface area contributed by atoms with Gasteiger partial charge in [-0.3, -0.25) is 9.59 Å². The highest BCUT2D eigenvalue weighted by Crippen LogP contribution is 2.25. The van der Waals surface area contributed by atoms with Gasteiger partial charge in [0.25, 0.3) is 0 Å². The minimum absolute atomic E-state index is 0.0445. The third-order valence-corrected chi connectivity index (χ3v) is 11.3. The van der Waals surface area contributed by atoms with Crippen LogP contribution in [-0.2, 0) is 18.0 Å². The highest BCUT2D eigenvalue weighted by atomic mass is 32.2. The summed E-state index contributed by atoms with van der Waals surface area (Å²) in [6.45, 7) is 13.0. The Morgan fingerprint density at radius 3 is 1.23 bits per heavy atom. The number of hydrogen-bond donors (Lipinski definition) is 0. The van der Waals surface area contributed by atoms with Crippen molar-refractivity contribution in [1.82, 2.24) is 0 Å². The first-order chi connectivity index (χ1) is 20.9. The molecule has 0 aromatic heterocycles. The molecular formula is C36H70O4S3. The topological polar surface area (TPSA) is 52.6 Å². The van der Waals surface area contributed by atoms with Gasteiger partial charge < -0.3 is 8.37 Å². The monoisotopic (exact) mass is 662 g/mol. The van der Waals surface area contributed by atoms with Gasteiger partial charge in [0.1, 0.15) is 0 Å². The molecule has 0 aliphatic carbocycles. The van der Waals surface area contributed by atoms with Gasteiger partial charge in [-0.2, -0.15) is 11.8 Å². The first-order valence-corrected chi connectivity index (χ1v) is 21.1. The Bertz CT molecular complexity index is 582. The lowest BCUT2D eigenvalue weighted by atomic mass is 9.97. The molecule has 0 saturated carbocycles. The summed E-state index contributed by atoms with van der Waals surface area (Å²) in [4.78, 5) is 25.0. The van der Waals surface area contributed by atoms with E-state index in [-0.39, 0.29) is 23.8 Å². The Balaban J connectivity index is 3.97. The third-order valence-electron chi connectivity index (χ3n) is 8.41. The zero-order chi connectivity index (χ0) is 32.0. The summed E-state index contributed by atoms with van der Waals surface area (Å²) in [6.07, 6.45) is 24.2. The van der Waals surface area contributed by atoms with Crippen molar-refractivity contribution in [3.8, 4) is 0 Å². The summed E-state index contributed by atoms with van der Waals surface area (Å²) >= 11 is 4.70. The van der Waals surface area contributed by atoms with Gasteiger partial charge in [-0.05, 0) is 74.7 Å². The molecule has 0 bridgehead atoms. The summed E-state index contributed by atoms with van der Waals surface area (Å²) in [5, 5.41) is 0. The van der Waals surface area contributed by atoms with Crippen molar-refractivity contribution in [3.63, 3.8) is 0 Å². The largest absolute Gasteiger partial charge is 0.391 e. The first kappa shape index (κ1) is 43.0. The molecule has 0 N–H and O–H groups in total. The third kappa shape index (κ3) is 26.9. The average molecular weight is 663 g/mol. The van der Waals surface area contributed by atoms with Crippen LogP contribution < -0.4 is 0 Å². The lowest BCUT2D eigenvalue weighted by Gasteiger charge is -2.16.